The number of hydrogen-bond acceptors (Lipinski definition) is 2. The minimum Gasteiger partial charge on any atom is -0.329 e. The minimum atomic E-state index is 0.615. The summed E-state index contributed by atoms with van der Waals surface area (Å²) in [5.41, 5.74) is 5.90. The lowest BCUT2D eigenvalue weighted by Gasteiger charge is -2.27. The second-order valence-corrected chi connectivity index (χ2v) is 6.01. The molecule has 0 aromatic carbocycles. The summed E-state index contributed by atoms with van der Waals surface area (Å²) in [5, 5.41) is 0. The highest BCUT2D eigenvalue weighted by molar-refractivity contribution is 4.86. The second-order valence-electron chi connectivity index (χ2n) is 6.01. The van der Waals surface area contributed by atoms with Crippen molar-refractivity contribution in [3.05, 3.63) is 0 Å². The Morgan fingerprint density at radius 2 is 1.88 bits per heavy atom. The first kappa shape index (κ1) is 15.0. The van der Waals surface area contributed by atoms with Crippen LogP contribution in [-0.4, -0.2) is 31.1 Å². The maximum atomic E-state index is 5.90. The Kier molecular flexibility index (Phi) is 7.14. The highest BCUT2D eigenvalue weighted by Crippen LogP contribution is 2.38. The maximum absolute atomic E-state index is 5.90. The molecule has 0 amide bonds. The number of rotatable bonds is 10. The number of nitrogens with zero attached hydrogens (tertiary/aromatic N) is 1. The zero-order valence-corrected chi connectivity index (χ0v) is 12.1. The van der Waals surface area contributed by atoms with E-state index >= 15 is 0 Å². The molecule has 2 N–H and O–H groups in total. The molecule has 0 bridgehead atoms. The summed E-state index contributed by atoms with van der Waals surface area (Å²) in [4.78, 5) is 2.51. The quantitative estimate of drug-likeness (QED) is 0.594. The van der Waals surface area contributed by atoms with Crippen LogP contribution < -0.4 is 5.73 Å². The molecule has 3 atom stereocenters. The Morgan fingerprint density at radius 1 is 1.24 bits per heavy atom. The van der Waals surface area contributed by atoms with E-state index in [-0.39, 0.29) is 0 Å². The van der Waals surface area contributed by atoms with Crippen LogP contribution >= 0.6 is 0 Å². The zero-order chi connectivity index (χ0) is 12.7. The first-order valence-electron chi connectivity index (χ1n) is 7.59. The van der Waals surface area contributed by atoms with Gasteiger partial charge in [0.2, 0.25) is 0 Å². The molecule has 0 radical (unpaired) electrons. The third-order valence-corrected chi connectivity index (χ3v) is 4.33. The molecule has 0 heterocycles. The third-order valence-electron chi connectivity index (χ3n) is 4.33. The largest absolute Gasteiger partial charge is 0.329 e. The van der Waals surface area contributed by atoms with Gasteiger partial charge in [-0.3, -0.25) is 0 Å². The van der Waals surface area contributed by atoms with Crippen LogP contribution in [0.3, 0.4) is 0 Å². The predicted octanol–water partition coefficient (Wildman–Crippen LogP) is 3.26. The highest BCUT2D eigenvalue weighted by atomic mass is 15.1. The van der Waals surface area contributed by atoms with Gasteiger partial charge in [-0.2, -0.15) is 0 Å². The van der Waals surface area contributed by atoms with Gasteiger partial charge < -0.3 is 10.6 Å². The SMILES string of the molecule is CCCCCCCC(CN)N(C)CC1CC1C. The Morgan fingerprint density at radius 3 is 2.41 bits per heavy atom. The predicted molar refractivity (Wildman–Crippen MR) is 76.1 cm³/mol. The van der Waals surface area contributed by atoms with Crippen molar-refractivity contribution in [1.29, 1.82) is 0 Å². The molecule has 2 nitrogen and oxygen atoms in total. The molecular formula is C15H32N2. The smallest absolute Gasteiger partial charge is 0.0215 e. The third kappa shape index (κ3) is 5.87. The minimum absolute atomic E-state index is 0.615. The summed E-state index contributed by atoms with van der Waals surface area (Å²) < 4.78 is 0. The van der Waals surface area contributed by atoms with E-state index < -0.39 is 0 Å². The van der Waals surface area contributed by atoms with Crippen LogP contribution in [0.5, 0.6) is 0 Å². The molecular weight excluding hydrogens is 208 g/mol. The van der Waals surface area contributed by atoms with E-state index in [1.54, 1.807) is 0 Å². The molecule has 1 rings (SSSR count). The molecule has 0 aliphatic heterocycles. The maximum Gasteiger partial charge on any atom is 0.0215 e. The van der Waals surface area contributed by atoms with E-state index in [9.17, 15) is 0 Å². The monoisotopic (exact) mass is 240 g/mol. The first-order valence-corrected chi connectivity index (χ1v) is 7.59. The van der Waals surface area contributed by atoms with Gasteiger partial charge in [0.05, 0.1) is 0 Å². The van der Waals surface area contributed by atoms with Crippen LogP contribution in [0.1, 0.15) is 58.8 Å². The fraction of sp³-hybridized carbons (Fsp3) is 1.00. The Balaban J connectivity index is 2.09. The normalized spacial score (nSPS) is 25.2. The molecule has 3 unspecified atom stereocenters. The van der Waals surface area contributed by atoms with Gasteiger partial charge in [0, 0.05) is 19.1 Å². The average Bonchev–Trinajstić information content (AvgIpc) is 2.99. The second kappa shape index (κ2) is 8.10. The molecule has 1 saturated carbocycles. The van der Waals surface area contributed by atoms with Gasteiger partial charge in [-0.25, -0.2) is 0 Å². The van der Waals surface area contributed by atoms with Crippen molar-refractivity contribution in [3.63, 3.8) is 0 Å². The summed E-state index contributed by atoms with van der Waals surface area (Å²) in [5.74, 6) is 1.91. The molecule has 17 heavy (non-hydrogen) atoms. The van der Waals surface area contributed by atoms with E-state index in [4.69, 9.17) is 5.73 Å². The van der Waals surface area contributed by atoms with Crippen LogP contribution in [0.25, 0.3) is 0 Å². The molecule has 0 saturated heterocycles. The Labute approximate surface area is 108 Å². The molecule has 102 valence electrons. The molecule has 0 aromatic rings. The van der Waals surface area contributed by atoms with E-state index in [0.29, 0.717) is 6.04 Å². The molecule has 2 heteroatoms. The summed E-state index contributed by atoms with van der Waals surface area (Å²) in [6.07, 6.45) is 9.58. The van der Waals surface area contributed by atoms with Crippen molar-refractivity contribution in [1.82, 2.24) is 4.90 Å². The van der Waals surface area contributed by atoms with Crippen LogP contribution in [0.2, 0.25) is 0 Å². The summed E-state index contributed by atoms with van der Waals surface area (Å²) in [6, 6.07) is 0.615. The average molecular weight is 240 g/mol. The van der Waals surface area contributed by atoms with Crippen molar-refractivity contribution in [2.75, 3.05) is 20.1 Å². The van der Waals surface area contributed by atoms with Crippen molar-refractivity contribution in [2.24, 2.45) is 17.6 Å². The fourth-order valence-electron chi connectivity index (χ4n) is 2.67. The lowest BCUT2D eigenvalue weighted by Crippen LogP contribution is -2.39. The lowest BCUT2D eigenvalue weighted by molar-refractivity contribution is 0.219. The van der Waals surface area contributed by atoms with Crippen molar-refractivity contribution in [3.8, 4) is 0 Å². The Hall–Kier alpha value is -0.0800. The molecule has 1 fully saturated rings. The van der Waals surface area contributed by atoms with Crippen LogP contribution in [-0.2, 0) is 0 Å². The van der Waals surface area contributed by atoms with Crippen LogP contribution in [0.15, 0.2) is 0 Å². The van der Waals surface area contributed by atoms with Gasteiger partial charge in [0.1, 0.15) is 0 Å². The van der Waals surface area contributed by atoms with E-state index in [0.717, 1.165) is 18.4 Å². The van der Waals surface area contributed by atoms with Crippen molar-refractivity contribution >= 4 is 0 Å². The number of hydrogen-bond donors (Lipinski definition) is 1. The lowest BCUT2D eigenvalue weighted by atomic mass is 10.1. The van der Waals surface area contributed by atoms with Gasteiger partial charge in [0.25, 0.3) is 0 Å². The van der Waals surface area contributed by atoms with Gasteiger partial charge in [0.15, 0.2) is 0 Å². The van der Waals surface area contributed by atoms with Crippen molar-refractivity contribution in [2.45, 2.75) is 64.8 Å². The number of likely N-dealkylation sites (N-methyl/N-ethyl adjacent to an activating group) is 1. The molecule has 0 aromatic heterocycles. The van der Waals surface area contributed by atoms with Gasteiger partial charge in [-0.05, 0) is 31.7 Å². The molecule has 0 spiro atoms. The summed E-state index contributed by atoms with van der Waals surface area (Å²) in [7, 11) is 2.26. The summed E-state index contributed by atoms with van der Waals surface area (Å²) in [6.45, 7) is 6.72. The van der Waals surface area contributed by atoms with E-state index in [2.05, 4.69) is 25.8 Å². The number of unbranched alkanes of at least 4 members (excludes halogenated alkanes) is 4. The fourth-order valence-corrected chi connectivity index (χ4v) is 2.67. The first-order chi connectivity index (χ1) is 8.19. The molecule has 1 aliphatic rings. The van der Waals surface area contributed by atoms with Crippen LogP contribution in [0, 0.1) is 11.8 Å². The van der Waals surface area contributed by atoms with Gasteiger partial charge in [-0.1, -0.05) is 46.0 Å². The van der Waals surface area contributed by atoms with E-state index in [1.165, 1.54) is 51.5 Å². The van der Waals surface area contributed by atoms with Crippen LogP contribution in [0.4, 0.5) is 0 Å². The van der Waals surface area contributed by atoms with Gasteiger partial charge in [-0.15, -0.1) is 0 Å². The van der Waals surface area contributed by atoms with E-state index in [1.807, 2.05) is 0 Å². The Bertz CT molecular complexity index is 193. The topological polar surface area (TPSA) is 29.3 Å². The number of nitrogens with two attached hydrogens (primary N) is 1. The summed E-state index contributed by atoms with van der Waals surface area (Å²) >= 11 is 0. The van der Waals surface area contributed by atoms with Gasteiger partial charge >= 0.3 is 0 Å². The molecule has 1 aliphatic carbocycles. The highest BCUT2D eigenvalue weighted by Gasteiger charge is 2.34. The standard InChI is InChI=1S/C15H32N2/c1-4-5-6-7-8-9-15(11-16)17(3)12-14-10-13(14)2/h13-15H,4-12,16H2,1-3H3. The van der Waals surface area contributed by atoms with Crippen molar-refractivity contribution < 1.29 is 0 Å². The zero-order valence-electron chi connectivity index (χ0n) is 12.1.